The largest absolute Gasteiger partial charge is 0.390 e. The minimum atomic E-state index is -0.793. The van der Waals surface area contributed by atoms with E-state index >= 15 is 0 Å². The standard InChI is InChI=1S/C20H25FN2O2/c1-14(2)22-13-19(24)18(12-15-8-4-3-5-9-15)23-20(25)16-10-6-7-11-17(16)21/h3-11,14,18-19,22,24H,12-13H2,1-2H3,(H,23,25)/t18-,19+/m0/s1. The molecule has 0 radical (unpaired) electrons. The summed E-state index contributed by atoms with van der Waals surface area (Å²) in [6.45, 7) is 4.31. The molecule has 0 aliphatic rings. The van der Waals surface area contributed by atoms with E-state index in [1.54, 1.807) is 6.07 Å². The van der Waals surface area contributed by atoms with Gasteiger partial charge in [0, 0.05) is 12.6 Å². The van der Waals surface area contributed by atoms with Gasteiger partial charge in [-0.05, 0) is 24.1 Å². The van der Waals surface area contributed by atoms with Crippen molar-refractivity contribution in [2.75, 3.05) is 6.54 Å². The second-order valence-corrected chi connectivity index (χ2v) is 6.38. The van der Waals surface area contributed by atoms with E-state index in [9.17, 15) is 14.3 Å². The molecule has 25 heavy (non-hydrogen) atoms. The number of benzene rings is 2. The quantitative estimate of drug-likeness (QED) is 0.690. The van der Waals surface area contributed by atoms with E-state index in [1.165, 1.54) is 18.2 Å². The molecule has 0 aliphatic carbocycles. The molecule has 0 aliphatic heterocycles. The number of rotatable bonds is 8. The molecule has 2 rings (SSSR count). The summed E-state index contributed by atoms with van der Waals surface area (Å²) in [5.41, 5.74) is 0.967. The zero-order valence-electron chi connectivity index (χ0n) is 14.6. The van der Waals surface area contributed by atoms with E-state index in [-0.39, 0.29) is 11.6 Å². The normalized spacial score (nSPS) is 13.5. The first-order chi connectivity index (χ1) is 12.0. The Morgan fingerprint density at radius 1 is 1.08 bits per heavy atom. The third kappa shape index (κ3) is 5.96. The van der Waals surface area contributed by atoms with E-state index in [0.717, 1.165) is 5.56 Å². The van der Waals surface area contributed by atoms with E-state index in [0.29, 0.717) is 13.0 Å². The molecular formula is C20H25FN2O2. The molecule has 2 atom stereocenters. The number of carbonyl (C=O) groups excluding carboxylic acids is 1. The predicted octanol–water partition coefficient (Wildman–Crippen LogP) is 2.53. The van der Waals surface area contributed by atoms with Crippen LogP contribution in [0.5, 0.6) is 0 Å². The Labute approximate surface area is 148 Å². The molecule has 0 saturated heterocycles. The van der Waals surface area contributed by atoms with Crippen LogP contribution in [0.3, 0.4) is 0 Å². The van der Waals surface area contributed by atoms with Crippen molar-refractivity contribution in [2.45, 2.75) is 38.5 Å². The molecule has 0 spiro atoms. The summed E-state index contributed by atoms with van der Waals surface area (Å²) < 4.78 is 13.8. The Kier molecular flexibility index (Phi) is 7.10. The molecule has 2 aromatic carbocycles. The molecule has 134 valence electrons. The van der Waals surface area contributed by atoms with Crippen molar-refractivity contribution in [2.24, 2.45) is 0 Å². The van der Waals surface area contributed by atoms with Gasteiger partial charge in [-0.2, -0.15) is 0 Å². The van der Waals surface area contributed by atoms with Crippen LogP contribution in [0.2, 0.25) is 0 Å². The lowest BCUT2D eigenvalue weighted by Gasteiger charge is -2.25. The van der Waals surface area contributed by atoms with Crippen molar-refractivity contribution in [1.82, 2.24) is 10.6 Å². The van der Waals surface area contributed by atoms with Gasteiger partial charge in [0.15, 0.2) is 0 Å². The summed E-state index contributed by atoms with van der Waals surface area (Å²) in [4.78, 5) is 12.4. The van der Waals surface area contributed by atoms with Gasteiger partial charge in [-0.3, -0.25) is 4.79 Å². The molecule has 2 aromatic rings. The number of hydrogen-bond donors (Lipinski definition) is 3. The third-order valence-electron chi connectivity index (χ3n) is 3.93. The molecular weight excluding hydrogens is 319 g/mol. The molecule has 4 nitrogen and oxygen atoms in total. The summed E-state index contributed by atoms with van der Waals surface area (Å²) in [6, 6.07) is 15.1. The van der Waals surface area contributed by atoms with Crippen LogP contribution in [0.25, 0.3) is 0 Å². The maximum atomic E-state index is 13.8. The van der Waals surface area contributed by atoms with Gasteiger partial charge < -0.3 is 15.7 Å². The zero-order valence-corrected chi connectivity index (χ0v) is 14.6. The summed E-state index contributed by atoms with van der Waals surface area (Å²) in [7, 11) is 0. The monoisotopic (exact) mass is 344 g/mol. The van der Waals surface area contributed by atoms with Crippen LogP contribution in [-0.4, -0.2) is 35.7 Å². The molecule has 0 bridgehead atoms. The van der Waals surface area contributed by atoms with Gasteiger partial charge in [-0.1, -0.05) is 56.3 Å². The second kappa shape index (κ2) is 9.30. The highest BCUT2D eigenvalue weighted by Crippen LogP contribution is 2.10. The van der Waals surface area contributed by atoms with Gasteiger partial charge in [0.05, 0.1) is 17.7 Å². The molecule has 0 aromatic heterocycles. The minimum Gasteiger partial charge on any atom is -0.390 e. The van der Waals surface area contributed by atoms with Crippen molar-refractivity contribution >= 4 is 5.91 Å². The highest BCUT2D eigenvalue weighted by atomic mass is 19.1. The number of hydrogen-bond acceptors (Lipinski definition) is 3. The second-order valence-electron chi connectivity index (χ2n) is 6.38. The number of halogens is 1. The maximum absolute atomic E-state index is 13.8. The van der Waals surface area contributed by atoms with Gasteiger partial charge >= 0.3 is 0 Å². The van der Waals surface area contributed by atoms with Gasteiger partial charge in [-0.25, -0.2) is 4.39 Å². The van der Waals surface area contributed by atoms with Gasteiger partial charge in [0.25, 0.3) is 5.91 Å². The Bertz CT molecular complexity index is 676. The first kappa shape index (κ1) is 19.1. The van der Waals surface area contributed by atoms with Crippen molar-refractivity contribution < 1.29 is 14.3 Å². The average molecular weight is 344 g/mol. The van der Waals surface area contributed by atoms with Crippen LogP contribution < -0.4 is 10.6 Å². The van der Waals surface area contributed by atoms with Crippen LogP contribution in [0.4, 0.5) is 4.39 Å². The van der Waals surface area contributed by atoms with Gasteiger partial charge in [0.1, 0.15) is 5.82 Å². The van der Waals surface area contributed by atoms with Crippen molar-refractivity contribution in [3.63, 3.8) is 0 Å². The highest BCUT2D eigenvalue weighted by Gasteiger charge is 2.23. The molecule has 3 N–H and O–H groups in total. The summed E-state index contributed by atoms with van der Waals surface area (Å²) in [5.74, 6) is -1.10. The van der Waals surface area contributed by atoms with E-state index in [4.69, 9.17) is 0 Å². The Morgan fingerprint density at radius 2 is 1.72 bits per heavy atom. The maximum Gasteiger partial charge on any atom is 0.254 e. The zero-order chi connectivity index (χ0) is 18.2. The van der Waals surface area contributed by atoms with E-state index in [1.807, 2.05) is 44.2 Å². The van der Waals surface area contributed by atoms with E-state index < -0.39 is 23.9 Å². The first-order valence-electron chi connectivity index (χ1n) is 8.48. The number of amides is 1. The van der Waals surface area contributed by atoms with Crippen LogP contribution in [-0.2, 0) is 6.42 Å². The van der Waals surface area contributed by atoms with Crippen molar-refractivity contribution in [3.8, 4) is 0 Å². The smallest absolute Gasteiger partial charge is 0.254 e. The van der Waals surface area contributed by atoms with Gasteiger partial charge in [-0.15, -0.1) is 0 Å². The molecule has 1 amide bonds. The fourth-order valence-corrected chi connectivity index (χ4v) is 2.54. The van der Waals surface area contributed by atoms with Crippen LogP contribution in [0, 0.1) is 5.82 Å². The van der Waals surface area contributed by atoms with Gasteiger partial charge in [0.2, 0.25) is 0 Å². The third-order valence-corrected chi connectivity index (χ3v) is 3.93. The summed E-state index contributed by atoms with van der Waals surface area (Å²) in [5, 5.41) is 16.5. The average Bonchev–Trinajstić information content (AvgIpc) is 2.60. The predicted molar refractivity (Wildman–Crippen MR) is 96.9 cm³/mol. The van der Waals surface area contributed by atoms with Crippen LogP contribution >= 0.6 is 0 Å². The number of aliphatic hydroxyl groups is 1. The van der Waals surface area contributed by atoms with E-state index in [2.05, 4.69) is 10.6 Å². The van der Waals surface area contributed by atoms with Crippen LogP contribution in [0.15, 0.2) is 54.6 Å². The Morgan fingerprint density at radius 3 is 2.36 bits per heavy atom. The van der Waals surface area contributed by atoms with Crippen LogP contribution in [0.1, 0.15) is 29.8 Å². The molecule has 0 saturated carbocycles. The molecule has 0 unspecified atom stereocenters. The minimum absolute atomic E-state index is 0.0235. The number of nitrogens with one attached hydrogen (secondary N) is 2. The number of aliphatic hydroxyl groups excluding tert-OH is 1. The lowest BCUT2D eigenvalue weighted by Crippen LogP contribution is -2.49. The fourth-order valence-electron chi connectivity index (χ4n) is 2.54. The lowest BCUT2D eigenvalue weighted by atomic mass is 10.00. The Balaban J connectivity index is 2.12. The number of carbonyl (C=O) groups is 1. The molecule has 0 fully saturated rings. The summed E-state index contributed by atoms with van der Waals surface area (Å²) in [6.07, 6.45) is -0.333. The first-order valence-corrected chi connectivity index (χ1v) is 8.48. The molecule has 5 heteroatoms. The fraction of sp³-hybridized carbons (Fsp3) is 0.350. The highest BCUT2D eigenvalue weighted by molar-refractivity contribution is 5.94. The SMILES string of the molecule is CC(C)NC[C@@H](O)[C@H](Cc1ccccc1)NC(=O)c1ccccc1F. The Hall–Kier alpha value is -2.24. The topological polar surface area (TPSA) is 61.4 Å². The molecule has 0 heterocycles. The van der Waals surface area contributed by atoms with Crippen molar-refractivity contribution in [1.29, 1.82) is 0 Å². The van der Waals surface area contributed by atoms with Crippen molar-refractivity contribution in [3.05, 3.63) is 71.5 Å². The lowest BCUT2D eigenvalue weighted by molar-refractivity contribution is 0.0823. The summed E-state index contributed by atoms with van der Waals surface area (Å²) >= 11 is 0.